The first-order chi connectivity index (χ1) is 10.6. The number of fused-ring (bicyclic) bond motifs is 3. The van der Waals surface area contributed by atoms with Crippen molar-refractivity contribution in [3.63, 3.8) is 0 Å². The highest BCUT2D eigenvalue weighted by Gasteiger charge is 2.39. The van der Waals surface area contributed by atoms with Crippen LogP contribution in [0.15, 0.2) is 24.3 Å². The first-order valence-corrected chi connectivity index (χ1v) is 7.47. The summed E-state index contributed by atoms with van der Waals surface area (Å²) in [5.74, 6) is -0.157. The topological polar surface area (TPSA) is 41.6 Å². The number of hydrogen-bond donors (Lipinski definition) is 1. The summed E-state index contributed by atoms with van der Waals surface area (Å²) in [6.45, 7) is 3.48. The van der Waals surface area contributed by atoms with Crippen LogP contribution in [0.5, 0.6) is 5.75 Å². The van der Waals surface area contributed by atoms with E-state index < -0.39 is 6.61 Å². The van der Waals surface area contributed by atoms with Crippen molar-refractivity contribution in [2.75, 3.05) is 51.1 Å². The van der Waals surface area contributed by atoms with Crippen LogP contribution in [0.25, 0.3) is 0 Å². The lowest BCUT2D eigenvalue weighted by Crippen LogP contribution is -2.68. The summed E-state index contributed by atoms with van der Waals surface area (Å²) >= 11 is 0. The summed E-state index contributed by atoms with van der Waals surface area (Å²) in [7, 11) is 0. The third kappa shape index (κ3) is 3.36. The van der Waals surface area contributed by atoms with E-state index >= 15 is 0 Å². The lowest BCUT2D eigenvalue weighted by molar-refractivity contribution is -0.933. The number of para-hydroxylation sites is 2. The van der Waals surface area contributed by atoms with Gasteiger partial charge in [-0.1, -0.05) is 12.1 Å². The van der Waals surface area contributed by atoms with Crippen molar-refractivity contribution in [1.82, 2.24) is 4.90 Å². The van der Waals surface area contributed by atoms with Gasteiger partial charge in [-0.2, -0.15) is 8.78 Å². The number of alkyl halides is 2. The minimum atomic E-state index is -2.91. The summed E-state index contributed by atoms with van der Waals surface area (Å²) in [4.78, 5) is 14.7. The molecule has 3 aliphatic heterocycles. The summed E-state index contributed by atoms with van der Waals surface area (Å²) < 4.78 is 30.0. The van der Waals surface area contributed by atoms with Crippen LogP contribution in [0, 0.1) is 0 Å². The molecule has 3 saturated heterocycles. The van der Waals surface area contributed by atoms with E-state index in [0.717, 1.165) is 43.8 Å². The molecule has 5 nitrogen and oxygen atoms in total. The Morgan fingerprint density at radius 2 is 1.86 bits per heavy atom. The Morgan fingerprint density at radius 3 is 2.50 bits per heavy atom. The Labute approximate surface area is 128 Å². The Balaban J connectivity index is 1.64. The van der Waals surface area contributed by atoms with Crippen LogP contribution in [-0.4, -0.2) is 67.7 Å². The van der Waals surface area contributed by atoms with Crippen molar-refractivity contribution in [2.24, 2.45) is 0 Å². The number of rotatable bonds is 5. The van der Waals surface area contributed by atoms with Crippen molar-refractivity contribution in [1.29, 1.82) is 0 Å². The summed E-state index contributed by atoms with van der Waals surface area (Å²) in [5, 5.41) is 2.71. The number of benzene rings is 1. The van der Waals surface area contributed by atoms with Gasteiger partial charge >= 0.3 is 6.61 Å². The van der Waals surface area contributed by atoms with Gasteiger partial charge in [0.25, 0.3) is 5.91 Å². The van der Waals surface area contributed by atoms with Crippen LogP contribution in [0.4, 0.5) is 14.5 Å². The molecule has 1 aromatic rings. The molecule has 3 heterocycles. The molecule has 7 heteroatoms. The number of quaternary nitrogens is 1. The maximum atomic E-state index is 12.4. The second kappa shape index (κ2) is 6.18. The fourth-order valence-electron chi connectivity index (χ4n) is 3.23. The van der Waals surface area contributed by atoms with Gasteiger partial charge in [-0.05, 0) is 12.1 Å². The summed E-state index contributed by atoms with van der Waals surface area (Å²) in [6.07, 6.45) is 0. The first-order valence-electron chi connectivity index (χ1n) is 7.47. The minimum Gasteiger partial charge on any atom is -0.433 e. The highest BCUT2D eigenvalue weighted by Crippen LogP contribution is 2.26. The number of amides is 1. The predicted molar refractivity (Wildman–Crippen MR) is 77.9 cm³/mol. The van der Waals surface area contributed by atoms with Gasteiger partial charge in [0, 0.05) is 19.6 Å². The second-order valence-electron chi connectivity index (χ2n) is 5.94. The molecule has 0 aromatic heterocycles. The van der Waals surface area contributed by atoms with Crippen molar-refractivity contribution >= 4 is 11.6 Å². The van der Waals surface area contributed by atoms with Gasteiger partial charge in [0.1, 0.15) is 5.75 Å². The van der Waals surface area contributed by atoms with Crippen molar-refractivity contribution in [3.8, 4) is 5.75 Å². The molecule has 1 amide bonds. The number of anilines is 1. The highest BCUT2D eigenvalue weighted by molar-refractivity contribution is 5.93. The molecule has 3 fully saturated rings. The molecule has 120 valence electrons. The molecule has 3 aliphatic rings. The van der Waals surface area contributed by atoms with Gasteiger partial charge in [-0.15, -0.1) is 0 Å². The molecule has 0 saturated carbocycles. The number of nitrogens with one attached hydrogen (secondary N) is 1. The fraction of sp³-hybridized carbons (Fsp3) is 0.533. The predicted octanol–water partition coefficient (Wildman–Crippen LogP) is 1.37. The normalized spacial score (nSPS) is 27.0. The van der Waals surface area contributed by atoms with E-state index in [1.807, 2.05) is 0 Å². The standard InChI is InChI=1S/C15H19F2N3O2/c16-15(17)22-13-4-2-1-3-12(13)18-14(21)11-20-8-5-19(6-9-20)7-10-20/h1-4,15H,5-11H2/p+1. The SMILES string of the molecule is O=C(C[N+]12CCN(CC1)CC2)Nc1ccccc1OC(F)F. The average Bonchev–Trinajstić information content (AvgIpc) is 2.50. The lowest BCUT2D eigenvalue weighted by Gasteiger charge is -2.50. The quantitative estimate of drug-likeness (QED) is 0.835. The fourth-order valence-corrected chi connectivity index (χ4v) is 3.23. The maximum Gasteiger partial charge on any atom is 0.387 e. The monoisotopic (exact) mass is 312 g/mol. The number of nitrogens with zero attached hydrogens (tertiary/aromatic N) is 2. The van der Waals surface area contributed by atoms with Crippen LogP contribution in [0.1, 0.15) is 0 Å². The van der Waals surface area contributed by atoms with E-state index in [-0.39, 0.29) is 11.7 Å². The molecule has 0 unspecified atom stereocenters. The van der Waals surface area contributed by atoms with Gasteiger partial charge in [0.05, 0.1) is 25.3 Å². The van der Waals surface area contributed by atoms with Crippen LogP contribution in [0.2, 0.25) is 0 Å². The zero-order valence-electron chi connectivity index (χ0n) is 12.3. The molecule has 4 rings (SSSR count). The third-order valence-electron chi connectivity index (χ3n) is 4.53. The third-order valence-corrected chi connectivity index (χ3v) is 4.53. The van der Waals surface area contributed by atoms with Gasteiger partial charge < -0.3 is 14.5 Å². The zero-order valence-corrected chi connectivity index (χ0v) is 12.3. The molecule has 22 heavy (non-hydrogen) atoms. The summed E-state index contributed by atoms with van der Waals surface area (Å²) in [6, 6.07) is 6.27. The van der Waals surface area contributed by atoms with E-state index in [0.29, 0.717) is 12.2 Å². The number of carbonyl (C=O) groups is 1. The van der Waals surface area contributed by atoms with Crippen LogP contribution in [-0.2, 0) is 4.79 Å². The molecule has 2 bridgehead atoms. The van der Waals surface area contributed by atoms with Crippen LogP contribution < -0.4 is 10.1 Å². The number of halogens is 2. The van der Waals surface area contributed by atoms with Crippen LogP contribution in [0.3, 0.4) is 0 Å². The second-order valence-corrected chi connectivity index (χ2v) is 5.94. The molecule has 1 aromatic carbocycles. The van der Waals surface area contributed by atoms with E-state index in [1.54, 1.807) is 18.2 Å². The smallest absolute Gasteiger partial charge is 0.387 e. The molecular formula is C15H20F2N3O2+. The van der Waals surface area contributed by atoms with Crippen molar-refractivity contribution < 1.29 is 22.8 Å². The maximum absolute atomic E-state index is 12.4. The summed E-state index contributed by atoms with van der Waals surface area (Å²) in [5.41, 5.74) is 0.293. The lowest BCUT2D eigenvalue weighted by atomic mass is 10.1. The van der Waals surface area contributed by atoms with E-state index in [4.69, 9.17) is 0 Å². The van der Waals surface area contributed by atoms with Crippen LogP contribution >= 0.6 is 0 Å². The number of piperazine rings is 3. The van der Waals surface area contributed by atoms with Gasteiger partial charge in [0.15, 0.2) is 6.54 Å². The Morgan fingerprint density at radius 1 is 1.23 bits per heavy atom. The Hall–Kier alpha value is -1.73. The molecule has 0 aliphatic carbocycles. The number of carbonyl (C=O) groups excluding carboxylic acids is 1. The van der Waals surface area contributed by atoms with Gasteiger partial charge in [0.2, 0.25) is 0 Å². The van der Waals surface area contributed by atoms with Crippen molar-refractivity contribution in [2.45, 2.75) is 6.61 Å². The van der Waals surface area contributed by atoms with E-state index in [1.165, 1.54) is 6.07 Å². The molecule has 0 radical (unpaired) electrons. The number of ether oxygens (including phenoxy) is 1. The van der Waals surface area contributed by atoms with E-state index in [2.05, 4.69) is 15.0 Å². The molecule has 1 N–H and O–H groups in total. The van der Waals surface area contributed by atoms with Gasteiger partial charge in [-0.3, -0.25) is 9.69 Å². The zero-order chi connectivity index (χ0) is 15.6. The Bertz CT molecular complexity index is 532. The molecule has 0 spiro atoms. The molecular weight excluding hydrogens is 292 g/mol. The largest absolute Gasteiger partial charge is 0.433 e. The average molecular weight is 312 g/mol. The minimum absolute atomic E-state index is 0.00527. The number of hydrogen-bond acceptors (Lipinski definition) is 3. The molecule has 0 atom stereocenters. The van der Waals surface area contributed by atoms with E-state index in [9.17, 15) is 13.6 Å². The first kappa shape index (κ1) is 15.2. The highest BCUT2D eigenvalue weighted by atomic mass is 19.3. The van der Waals surface area contributed by atoms with Crippen molar-refractivity contribution in [3.05, 3.63) is 24.3 Å². The Kier molecular flexibility index (Phi) is 4.26. The van der Waals surface area contributed by atoms with Gasteiger partial charge in [-0.25, -0.2) is 0 Å².